The first-order valence-electron chi connectivity index (χ1n) is 5.97. The molecule has 0 amide bonds. The first kappa shape index (κ1) is 11.4. The van der Waals surface area contributed by atoms with Gasteiger partial charge in [0, 0.05) is 23.5 Å². The lowest BCUT2D eigenvalue weighted by atomic mass is 10.3. The third-order valence-corrected chi connectivity index (χ3v) is 2.72. The van der Waals surface area contributed by atoms with Gasteiger partial charge in [0.25, 0.3) is 0 Å². The number of hydrogen-bond donors (Lipinski definition) is 2. The summed E-state index contributed by atoms with van der Waals surface area (Å²) in [6, 6.07) is 9.89. The molecule has 0 spiro atoms. The fourth-order valence-electron chi connectivity index (χ4n) is 1.87. The molecule has 0 aliphatic carbocycles. The normalized spacial score (nSPS) is 10.4. The number of aromatic amines is 2. The Morgan fingerprint density at radius 3 is 2.68 bits per heavy atom. The van der Waals surface area contributed by atoms with E-state index in [2.05, 4.69) is 31.0 Å². The van der Waals surface area contributed by atoms with Crippen LogP contribution in [0.1, 0.15) is 5.69 Å². The number of aryl methyl sites for hydroxylation is 1. The Morgan fingerprint density at radius 1 is 1.00 bits per heavy atom. The minimum atomic E-state index is 0.775. The second-order valence-electron chi connectivity index (χ2n) is 4.17. The molecule has 0 saturated carbocycles. The fourth-order valence-corrected chi connectivity index (χ4v) is 1.87. The molecule has 0 unspecified atom stereocenters. The maximum atomic E-state index is 4.15. The van der Waals surface area contributed by atoms with Crippen molar-refractivity contribution < 1.29 is 0 Å². The number of H-pyrrole nitrogens is 2. The minimum absolute atomic E-state index is 0.775. The molecule has 0 fully saturated rings. The Morgan fingerprint density at radius 2 is 1.84 bits per heavy atom. The van der Waals surface area contributed by atoms with E-state index in [4.69, 9.17) is 0 Å². The summed E-state index contributed by atoms with van der Waals surface area (Å²) in [4.78, 5) is 18.2. The SMILES string of the molecule is Cc1cc2cccnc2[nH]1.c1cnc2nc[nH]c2c1. The Bertz CT molecular complexity index is 736. The number of pyridine rings is 2. The summed E-state index contributed by atoms with van der Waals surface area (Å²) in [6.45, 7) is 2.03. The van der Waals surface area contributed by atoms with Crippen LogP contribution in [0.25, 0.3) is 22.2 Å². The Kier molecular flexibility index (Phi) is 2.94. The van der Waals surface area contributed by atoms with Gasteiger partial charge in [-0.25, -0.2) is 15.0 Å². The summed E-state index contributed by atoms with van der Waals surface area (Å²) in [6.07, 6.45) is 5.15. The van der Waals surface area contributed by atoms with E-state index >= 15 is 0 Å². The molecule has 0 saturated heterocycles. The summed E-state index contributed by atoms with van der Waals surface area (Å²) in [5.41, 5.74) is 3.89. The maximum absolute atomic E-state index is 4.15. The smallest absolute Gasteiger partial charge is 0.177 e. The highest BCUT2D eigenvalue weighted by Gasteiger charge is 1.93. The van der Waals surface area contributed by atoms with Crippen molar-refractivity contribution in [2.45, 2.75) is 6.92 Å². The van der Waals surface area contributed by atoms with E-state index in [1.54, 1.807) is 18.7 Å². The molecular formula is C14H13N5. The standard InChI is InChI=1S/C8H8N2.C6H5N3/c1-6-5-7-3-2-4-9-8(7)10-6;1-2-5-6(7-3-1)9-4-8-5/h2-5H,1H3,(H,9,10);1-4H,(H,7,8,9). The third-order valence-electron chi connectivity index (χ3n) is 2.72. The predicted molar refractivity (Wildman–Crippen MR) is 74.7 cm³/mol. The van der Waals surface area contributed by atoms with Crippen LogP contribution < -0.4 is 0 Å². The summed E-state index contributed by atoms with van der Waals surface area (Å²) >= 11 is 0. The Hall–Kier alpha value is -2.69. The summed E-state index contributed by atoms with van der Waals surface area (Å²) in [7, 11) is 0. The lowest BCUT2D eigenvalue weighted by Crippen LogP contribution is -1.72. The van der Waals surface area contributed by atoms with Crippen molar-refractivity contribution in [3.63, 3.8) is 0 Å². The number of aromatic nitrogens is 5. The summed E-state index contributed by atoms with van der Waals surface area (Å²) < 4.78 is 0. The van der Waals surface area contributed by atoms with E-state index in [-0.39, 0.29) is 0 Å². The van der Waals surface area contributed by atoms with Crippen LogP contribution in [0.2, 0.25) is 0 Å². The molecule has 2 N–H and O–H groups in total. The monoisotopic (exact) mass is 251 g/mol. The zero-order valence-corrected chi connectivity index (χ0v) is 10.5. The first-order chi connectivity index (χ1) is 9.33. The second-order valence-corrected chi connectivity index (χ2v) is 4.17. The van der Waals surface area contributed by atoms with Gasteiger partial charge in [-0.15, -0.1) is 0 Å². The van der Waals surface area contributed by atoms with Gasteiger partial charge in [0.1, 0.15) is 5.65 Å². The van der Waals surface area contributed by atoms with Gasteiger partial charge in [-0.1, -0.05) is 0 Å². The molecule has 0 aromatic carbocycles. The quantitative estimate of drug-likeness (QED) is 0.505. The lowest BCUT2D eigenvalue weighted by molar-refractivity contribution is 1.25. The van der Waals surface area contributed by atoms with Crippen molar-refractivity contribution in [2.75, 3.05) is 0 Å². The van der Waals surface area contributed by atoms with Crippen molar-refractivity contribution in [1.82, 2.24) is 24.9 Å². The average molecular weight is 251 g/mol. The van der Waals surface area contributed by atoms with Crippen LogP contribution in [0, 0.1) is 6.92 Å². The van der Waals surface area contributed by atoms with Gasteiger partial charge in [-0.3, -0.25) is 0 Å². The highest BCUT2D eigenvalue weighted by Crippen LogP contribution is 2.10. The molecule has 94 valence electrons. The number of nitrogens with one attached hydrogen (secondary N) is 2. The van der Waals surface area contributed by atoms with Gasteiger partial charge in [0.15, 0.2) is 5.65 Å². The molecule has 19 heavy (non-hydrogen) atoms. The van der Waals surface area contributed by atoms with Crippen molar-refractivity contribution in [1.29, 1.82) is 0 Å². The summed E-state index contributed by atoms with van der Waals surface area (Å²) in [5, 5.41) is 1.18. The van der Waals surface area contributed by atoms with Crippen molar-refractivity contribution in [3.8, 4) is 0 Å². The van der Waals surface area contributed by atoms with Crippen LogP contribution in [-0.4, -0.2) is 24.9 Å². The Labute approximate surface area is 109 Å². The molecule has 0 atom stereocenters. The van der Waals surface area contributed by atoms with Gasteiger partial charge in [0.2, 0.25) is 0 Å². The van der Waals surface area contributed by atoms with Crippen LogP contribution in [0.5, 0.6) is 0 Å². The van der Waals surface area contributed by atoms with Crippen LogP contribution in [0.4, 0.5) is 0 Å². The second kappa shape index (κ2) is 4.89. The molecule has 5 heteroatoms. The zero-order chi connectivity index (χ0) is 13.1. The summed E-state index contributed by atoms with van der Waals surface area (Å²) in [5.74, 6) is 0. The highest BCUT2D eigenvalue weighted by atomic mass is 14.9. The van der Waals surface area contributed by atoms with Gasteiger partial charge in [-0.2, -0.15) is 0 Å². The fraction of sp³-hybridized carbons (Fsp3) is 0.0714. The molecule has 4 rings (SSSR count). The van der Waals surface area contributed by atoms with Gasteiger partial charge in [0.05, 0.1) is 11.8 Å². The molecule has 0 aliphatic rings. The number of nitrogens with zero attached hydrogens (tertiary/aromatic N) is 3. The Balaban J connectivity index is 0.000000117. The van der Waals surface area contributed by atoms with Crippen LogP contribution in [-0.2, 0) is 0 Å². The van der Waals surface area contributed by atoms with E-state index in [1.165, 1.54) is 5.39 Å². The van der Waals surface area contributed by atoms with Crippen LogP contribution >= 0.6 is 0 Å². The molecule has 0 aliphatic heterocycles. The van der Waals surface area contributed by atoms with Crippen molar-refractivity contribution >= 4 is 22.2 Å². The van der Waals surface area contributed by atoms with Crippen molar-refractivity contribution in [2.24, 2.45) is 0 Å². The molecule has 4 aromatic rings. The maximum Gasteiger partial charge on any atom is 0.177 e. The number of rotatable bonds is 0. The molecule has 0 bridgehead atoms. The topological polar surface area (TPSA) is 70.2 Å². The van der Waals surface area contributed by atoms with Gasteiger partial charge < -0.3 is 9.97 Å². The van der Waals surface area contributed by atoms with Gasteiger partial charge >= 0.3 is 0 Å². The van der Waals surface area contributed by atoms with E-state index in [0.29, 0.717) is 0 Å². The zero-order valence-electron chi connectivity index (χ0n) is 10.5. The third kappa shape index (κ3) is 2.44. The molecule has 4 heterocycles. The van der Waals surface area contributed by atoms with E-state index < -0.39 is 0 Å². The first-order valence-corrected chi connectivity index (χ1v) is 5.97. The number of imidazole rings is 1. The number of hydrogen-bond acceptors (Lipinski definition) is 3. The van der Waals surface area contributed by atoms with Crippen LogP contribution in [0.15, 0.2) is 49.1 Å². The van der Waals surface area contributed by atoms with E-state index in [0.717, 1.165) is 22.5 Å². The molecule has 5 nitrogen and oxygen atoms in total. The largest absolute Gasteiger partial charge is 0.344 e. The van der Waals surface area contributed by atoms with Crippen molar-refractivity contribution in [3.05, 3.63) is 54.7 Å². The highest BCUT2D eigenvalue weighted by molar-refractivity contribution is 5.75. The van der Waals surface area contributed by atoms with Gasteiger partial charge in [-0.05, 0) is 37.3 Å². The minimum Gasteiger partial charge on any atom is -0.344 e. The van der Waals surface area contributed by atoms with E-state index in [1.807, 2.05) is 31.2 Å². The predicted octanol–water partition coefficient (Wildman–Crippen LogP) is 2.83. The molecule has 4 aromatic heterocycles. The van der Waals surface area contributed by atoms with E-state index in [9.17, 15) is 0 Å². The van der Waals surface area contributed by atoms with Crippen LogP contribution in [0.3, 0.4) is 0 Å². The molecule has 0 radical (unpaired) electrons. The molecular weight excluding hydrogens is 238 g/mol. The lowest BCUT2D eigenvalue weighted by Gasteiger charge is -1.82. The number of fused-ring (bicyclic) bond motifs is 2. The average Bonchev–Trinajstić information content (AvgIpc) is 3.03.